The first-order valence-corrected chi connectivity index (χ1v) is 5.56. The van der Waals surface area contributed by atoms with Gasteiger partial charge in [0.05, 0.1) is 0 Å². The number of aliphatic hydroxyl groups is 1. The van der Waals surface area contributed by atoms with Gasteiger partial charge in [-0.05, 0) is 27.2 Å². The summed E-state index contributed by atoms with van der Waals surface area (Å²) in [5.41, 5.74) is 1.71. The summed E-state index contributed by atoms with van der Waals surface area (Å²) in [7, 11) is 0. The maximum absolute atomic E-state index is 11.8. The Kier molecular flexibility index (Phi) is 5.46. The second-order valence-electron chi connectivity index (χ2n) is 5.14. The molecular formula is C11H19NO7. The summed E-state index contributed by atoms with van der Waals surface area (Å²) in [5.74, 6) is -4.17. The number of carboxylic acids is 2. The van der Waals surface area contributed by atoms with E-state index in [1.807, 2.05) is 0 Å². The number of esters is 1. The molecule has 0 aromatic rings. The zero-order chi connectivity index (χ0) is 15.4. The Balaban J connectivity index is 5.20. The fraction of sp³-hybridized carbons (Fsp3) is 0.727. The first-order chi connectivity index (χ1) is 8.40. The van der Waals surface area contributed by atoms with Crippen molar-refractivity contribution in [3.8, 4) is 0 Å². The normalized spacial score (nSPS) is 16.3. The van der Waals surface area contributed by atoms with Crippen molar-refractivity contribution in [2.24, 2.45) is 5.73 Å². The number of carbonyl (C=O) groups is 3. The molecule has 0 aromatic carbocycles. The lowest BCUT2D eigenvalue weighted by atomic mass is 9.89. The molecule has 0 bridgehead atoms. The lowest BCUT2D eigenvalue weighted by molar-refractivity contribution is -0.184. The first kappa shape index (κ1) is 17.3. The summed E-state index contributed by atoms with van der Waals surface area (Å²) in [4.78, 5) is 33.1. The number of rotatable bonds is 6. The second-order valence-corrected chi connectivity index (χ2v) is 5.14. The summed E-state index contributed by atoms with van der Waals surface area (Å²) in [6, 6.07) is -1.97. The zero-order valence-corrected chi connectivity index (χ0v) is 11.0. The van der Waals surface area contributed by atoms with E-state index in [-0.39, 0.29) is 0 Å². The summed E-state index contributed by atoms with van der Waals surface area (Å²) in [6.07, 6.45) is -1.26. The molecule has 0 amide bonds. The van der Waals surface area contributed by atoms with Gasteiger partial charge in [0, 0.05) is 6.42 Å². The highest BCUT2D eigenvalue weighted by atomic mass is 16.6. The Bertz CT molecular complexity index is 374. The van der Waals surface area contributed by atoms with E-state index in [0.717, 1.165) is 0 Å². The number of hydrogen-bond donors (Lipinski definition) is 4. The van der Waals surface area contributed by atoms with Crippen LogP contribution in [0.2, 0.25) is 0 Å². The van der Waals surface area contributed by atoms with Crippen LogP contribution in [0.15, 0.2) is 0 Å². The molecule has 5 N–H and O–H groups in total. The van der Waals surface area contributed by atoms with Gasteiger partial charge in [-0.1, -0.05) is 0 Å². The van der Waals surface area contributed by atoms with E-state index in [4.69, 9.17) is 20.7 Å². The average molecular weight is 277 g/mol. The van der Waals surface area contributed by atoms with E-state index >= 15 is 0 Å². The highest BCUT2D eigenvalue weighted by Crippen LogP contribution is 2.22. The molecule has 2 atom stereocenters. The monoisotopic (exact) mass is 277 g/mol. The van der Waals surface area contributed by atoms with Gasteiger partial charge in [0.25, 0.3) is 0 Å². The van der Waals surface area contributed by atoms with Crippen molar-refractivity contribution >= 4 is 17.9 Å². The highest BCUT2D eigenvalue weighted by molar-refractivity contribution is 5.89. The Morgan fingerprint density at radius 1 is 1.21 bits per heavy atom. The molecule has 110 valence electrons. The van der Waals surface area contributed by atoms with Crippen LogP contribution in [0.5, 0.6) is 0 Å². The topological polar surface area (TPSA) is 147 Å². The predicted octanol–water partition coefficient (Wildman–Crippen LogP) is -0.664. The van der Waals surface area contributed by atoms with Crippen LogP contribution in [0.1, 0.15) is 33.6 Å². The Morgan fingerprint density at radius 3 is 2.00 bits per heavy atom. The van der Waals surface area contributed by atoms with Gasteiger partial charge in [0.2, 0.25) is 0 Å². The van der Waals surface area contributed by atoms with Crippen LogP contribution in [-0.2, 0) is 19.1 Å². The molecule has 0 aromatic heterocycles. The smallest absolute Gasteiger partial charge is 0.340 e. The highest BCUT2D eigenvalue weighted by Gasteiger charge is 2.48. The van der Waals surface area contributed by atoms with Crippen LogP contribution in [0, 0.1) is 0 Å². The standard InChI is InChI=1S/C11H19NO7/c1-10(2,3)19-9(17)11(18,5-4-6(13)14)7(12)8(15)16/h7,18H,4-5,12H2,1-3H3,(H,13,14)(H,15,16). The molecule has 0 fully saturated rings. The summed E-state index contributed by atoms with van der Waals surface area (Å²) in [6.45, 7) is 4.57. The molecular weight excluding hydrogens is 258 g/mol. The van der Waals surface area contributed by atoms with Crippen LogP contribution < -0.4 is 5.73 Å². The van der Waals surface area contributed by atoms with Crippen LogP contribution >= 0.6 is 0 Å². The summed E-state index contributed by atoms with van der Waals surface area (Å²) < 4.78 is 4.88. The minimum Gasteiger partial charge on any atom is -0.481 e. The molecule has 0 rings (SSSR count). The van der Waals surface area contributed by atoms with Crippen molar-refractivity contribution in [2.75, 3.05) is 0 Å². The number of carboxylic acid groups (broad SMARTS) is 2. The van der Waals surface area contributed by atoms with Gasteiger partial charge in [0.1, 0.15) is 11.6 Å². The van der Waals surface area contributed by atoms with Gasteiger partial charge in [-0.15, -0.1) is 0 Å². The third-order valence-electron chi connectivity index (χ3n) is 2.25. The Morgan fingerprint density at radius 2 is 1.68 bits per heavy atom. The van der Waals surface area contributed by atoms with Crippen molar-refractivity contribution in [3.63, 3.8) is 0 Å². The van der Waals surface area contributed by atoms with E-state index < -0.39 is 48.0 Å². The number of aliphatic carboxylic acids is 2. The van der Waals surface area contributed by atoms with Gasteiger partial charge in [-0.2, -0.15) is 0 Å². The van der Waals surface area contributed by atoms with Crippen LogP contribution in [0.3, 0.4) is 0 Å². The SMILES string of the molecule is CC(C)(C)OC(=O)C(O)(CCC(=O)O)C(N)C(=O)O. The largest absolute Gasteiger partial charge is 0.481 e. The number of ether oxygens (including phenoxy) is 1. The lowest BCUT2D eigenvalue weighted by Gasteiger charge is -2.32. The molecule has 0 aliphatic carbocycles. The van der Waals surface area contributed by atoms with Crippen molar-refractivity contribution in [1.29, 1.82) is 0 Å². The minimum atomic E-state index is -2.59. The quantitative estimate of drug-likeness (QED) is 0.467. The minimum absolute atomic E-state index is 0.614. The van der Waals surface area contributed by atoms with Crippen LogP contribution in [0.25, 0.3) is 0 Å². The Hall–Kier alpha value is -1.67. The molecule has 0 spiro atoms. The van der Waals surface area contributed by atoms with E-state index in [0.29, 0.717) is 0 Å². The van der Waals surface area contributed by atoms with Gasteiger partial charge in [-0.25, -0.2) is 4.79 Å². The molecule has 2 unspecified atom stereocenters. The second kappa shape index (κ2) is 5.98. The number of nitrogens with two attached hydrogens (primary N) is 1. The molecule has 0 heterocycles. The molecule has 0 saturated carbocycles. The van der Waals surface area contributed by atoms with Crippen molar-refractivity contribution in [3.05, 3.63) is 0 Å². The molecule has 8 heteroatoms. The van der Waals surface area contributed by atoms with E-state index in [1.165, 1.54) is 20.8 Å². The lowest BCUT2D eigenvalue weighted by Crippen LogP contribution is -2.59. The van der Waals surface area contributed by atoms with Crippen molar-refractivity contribution in [2.45, 2.75) is 50.9 Å². The summed E-state index contributed by atoms with van der Waals surface area (Å²) >= 11 is 0. The third kappa shape index (κ3) is 5.23. The van der Waals surface area contributed by atoms with E-state index in [1.54, 1.807) is 0 Å². The van der Waals surface area contributed by atoms with Crippen molar-refractivity contribution < 1.29 is 34.4 Å². The van der Waals surface area contributed by atoms with Crippen LogP contribution in [0.4, 0.5) is 0 Å². The molecule has 8 nitrogen and oxygen atoms in total. The Labute approximate surface area is 110 Å². The first-order valence-electron chi connectivity index (χ1n) is 5.56. The average Bonchev–Trinajstić information content (AvgIpc) is 2.22. The van der Waals surface area contributed by atoms with Crippen molar-refractivity contribution in [1.82, 2.24) is 0 Å². The number of carbonyl (C=O) groups excluding carboxylic acids is 1. The fourth-order valence-corrected chi connectivity index (χ4v) is 1.25. The van der Waals surface area contributed by atoms with Gasteiger partial charge < -0.3 is 25.8 Å². The predicted molar refractivity (Wildman–Crippen MR) is 63.3 cm³/mol. The van der Waals surface area contributed by atoms with Crippen LogP contribution in [-0.4, -0.2) is 50.5 Å². The van der Waals surface area contributed by atoms with Gasteiger partial charge >= 0.3 is 17.9 Å². The summed E-state index contributed by atoms with van der Waals surface area (Å²) in [5, 5.41) is 27.4. The van der Waals surface area contributed by atoms with Gasteiger partial charge in [-0.3, -0.25) is 9.59 Å². The maximum atomic E-state index is 11.8. The molecule has 0 radical (unpaired) electrons. The maximum Gasteiger partial charge on any atom is 0.340 e. The zero-order valence-electron chi connectivity index (χ0n) is 11.0. The number of hydrogen-bond acceptors (Lipinski definition) is 6. The molecule has 19 heavy (non-hydrogen) atoms. The molecule has 0 aliphatic heterocycles. The van der Waals surface area contributed by atoms with E-state index in [2.05, 4.69) is 0 Å². The molecule has 0 saturated heterocycles. The fourth-order valence-electron chi connectivity index (χ4n) is 1.25. The van der Waals surface area contributed by atoms with Gasteiger partial charge in [0.15, 0.2) is 5.60 Å². The molecule has 0 aliphatic rings. The van der Waals surface area contributed by atoms with E-state index in [9.17, 15) is 19.5 Å². The third-order valence-corrected chi connectivity index (χ3v) is 2.25.